The van der Waals surface area contributed by atoms with E-state index in [2.05, 4.69) is 5.32 Å². The molecule has 21 heavy (non-hydrogen) atoms. The van der Waals surface area contributed by atoms with Gasteiger partial charge in [0.05, 0.1) is 12.2 Å². The van der Waals surface area contributed by atoms with Crippen LogP contribution in [0.25, 0.3) is 0 Å². The van der Waals surface area contributed by atoms with Crippen LogP contribution in [0.5, 0.6) is 0 Å². The van der Waals surface area contributed by atoms with Gasteiger partial charge >= 0.3 is 0 Å². The molecule has 1 saturated heterocycles. The molecule has 1 rings (SSSR count). The number of ether oxygens (including phenoxy) is 1. The molecule has 0 spiro atoms. The molecule has 0 saturated carbocycles. The molecule has 8 nitrogen and oxygen atoms in total. The molecule has 0 radical (unpaired) electrons. The van der Waals surface area contributed by atoms with Crippen molar-refractivity contribution in [2.24, 2.45) is 5.92 Å². The first-order valence-corrected chi connectivity index (χ1v) is 8.66. The third-order valence-corrected chi connectivity index (χ3v) is 4.62. The molecule has 1 heterocycles. The number of hydrogen-bond donors (Lipinski definition) is 1. The van der Waals surface area contributed by atoms with Gasteiger partial charge < -0.3 is 15.0 Å². The maximum Gasteiger partial charge on any atom is 0.248 e. The second kappa shape index (κ2) is 7.71. The van der Waals surface area contributed by atoms with Gasteiger partial charge in [-0.25, -0.2) is 8.42 Å². The maximum absolute atomic E-state index is 12.0. The minimum absolute atomic E-state index is 0.0597. The molecular weight excluding hydrogens is 298 g/mol. The van der Waals surface area contributed by atoms with Crippen LogP contribution in [0.2, 0.25) is 0 Å². The summed E-state index contributed by atoms with van der Waals surface area (Å²) >= 11 is 0. The highest BCUT2D eigenvalue weighted by molar-refractivity contribution is 7.88. The van der Waals surface area contributed by atoms with Crippen molar-refractivity contribution < 1.29 is 22.7 Å². The third-order valence-electron chi connectivity index (χ3n) is 3.35. The van der Waals surface area contributed by atoms with Gasteiger partial charge in [0, 0.05) is 39.8 Å². The summed E-state index contributed by atoms with van der Waals surface area (Å²) in [4.78, 5) is 25.4. The first-order valence-electron chi connectivity index (χ1n) is 6.81. The maximum atomic E-state index is 12.0. The lowest BCUT2D eigenvalue weighted by atomic mass is 10.1. The number of sulfonamides is 1. The van der Waals surface area contributed by atoms with Crippen molar-refractivity contribution in [2.45, 2.75) is 6.92 Å². The number of rotatable bonds is 5. The molecule has 122 valence electrons. The number of nitrogens with zero attached hydrogens (tertiary/aromatic N) is 2. The van der Waals surface area contributed by atoms with Crippen LogP contribution in [-0.4, -0.2) is 82.1 Å². The number of amides is 2. The van der Waals surface area contributed by atoms with Crippen molar-refractivity contribution in [1.29, 1.82) is 0 Å². The van der Waals surface area contributed by atoms with Gasteiger partial charge in [-0.2, -0.15) is 4.31 Å². The molecule has 0 aromatic carbocycles. The summed E-state index contributed by atoms with van der Waals surface area (Å²) in [6.07, 6.45) is 1.10. The summed E-state index contributed by atoms with van der Waals surface area (Å²) < 4.78 is 29.7. The SMILES string of the molecule is CCOCC(=O)N1CCN(S(C)(=O)=O)C[C@H](C(=O)NC)C1. The van der Waals surface area contributed by atoms with E-state index >= 15 is 0 Å². The molecular formula is C12H23N3O5S. The first-order chi connectivity index (χ1) is 9.79. The normalized spacial score (nSPS) is 20.9. The molecule has 0 aliphatic carbocycles. The van der Waals surface area contributed by atoms with E-state index in [4.69, 9.17) is 4.74 Å². The molecule has 0 aromatic rings. The van der Waals surface area contributed by atoms with Crippen LogP contribution in [-0.2, 0) is 24.3 Å². The number of carbonyl (C=O) groups is 2. The molecule has 1 aliphatic rings. The van der Waals surface area contributed by atoms with E-state index in [1.807, 2.05) is 0 Å². The van der Waals surface area contributed by atoms with Crippen LogP contribution in [0.3, 0.4) is 0 Å². The van der Waals surface area contributed by atoms with Crippen LogP contribution in [0, 0.1) is 5.92 Å². The standard InChI is InChI=1S/C12H23N3O5S/c1-4-20-9-11(16)14-5-6-15(21(3,18)19)8-10(7-14)12(17)13-2/h10H,4-9H2,1-3H3,(H,13,17)/t10-/m1/s1. The van der Waals surface area contributed by atoms with E-state index in [1.165, 1.54) is 16.3 Å². The largest absolute Gasteiger partial charge is 0.372 e. The van der Waals surface area contributed by atoms with Crippen LogP contribution in [0.1, 0.15) is 6.92 Å². The zero-order chi connectivity index (χ0) is 16.0. The first kappa shape index (κ1) is 17.9. The van der Waals surface area contributed by atoms with Crippen LogP contribution in [0.15, 0.2) is 0 Å². The lowest BCUT2D eigenvalue weighted by molar-refractivity contribution is -0.137. The van der Waals surface area contributed by atoms with Crippen molar-refractivity contribution in [3.05, 3.63) is 0 Å². The van der Waals surface area contributed by atoms with Crippen molar-refractivity contribution >= 4 is 21.8 Å². The Kier molecular flexibility index (Phi) is 6.56. The molecule has 0 bridgehead atoms. The summed E-state index contributed by atoms with van der Waals surface area (Å²) in [7, 11) is -1.92. The Morgan fingerprint density at radius 3 is 2.48 bits per heavy atom. The summed E-state index contributed by atoms with van der Waals surface area (Å²) in [6.45, 7) is 2.86. The van der Waals surface area contributed by atoms with Gasteiger partial charge in [-0.3, -0.25) is 9.59 Å². The Labute approximate surface area is 125 Å². The molecule has 1 aliphatic heterocycles. The average molecular weight is 321 g/mol. The Hall–Kier alpha value is -1.19. The lowest BCUT2D eigenvalue weighted by Gasteiger charge is -2.23. The number of carbonyl (C=O) groups excluding carboxylic acids is 2. The van der Waals surface area contributed by atoms with Crippen molar-refractivity contribution in [3.8, 4) is 0 Å². The number of hydrogen-bond acceptors (Lipinski definition) is 5. The van der Waals surface area contributed by atoms with Crippen LogP contribution >= 0.6 is 0 Å². The molecule has 1 fully saturated rings. The third kappa shape index (κ3) is 5.25. The Morgan fingerprint density at radius 1 is 1.29 bits per heavy atom. The van der Waals surface area contributed by atoms with E-state index in [-0.39, 0.29) is 44.6 Å². The van der Waals surface area contributed by atoms with Gasteiger partial charge in [0.2, 0.25) is 21.8 Å². The van der Waals surface area contributed by atoms with Gasteiger partial charge in [-0.05, 0) is 6.92 Å². The summed E-state index contributed by atoms with van der Waals surface area (Å²) in [5.41, 5.74) is 0. The smallest absolute Gasteiger partial charge is 0.248 e. The molecule has 2 amide bonds. The van der Waals surface area contributed by atoms with Gasteiger partial charge in [0.1, 0.15) is 6.61 Å². The topological polar surface area (TPSA) is 96.0 Å². The fraction of sp³-hybridized carbons (Fsp3) is 0.833. The zero-order valence-electron chi connectivity index (χ0n) is 12.7. The highest BCUT2D eigenvalue weighted by Gasteiger charge is 2.32. The summed E-state index contributed by atoms with van der Waals surface area (Å²) in [6, 6.07) is 0. The van der Waals surface area contributed by atoms with Gasteiger partial charge in [0.15, 0.2) is 0 Å². The Balaban J connectivity index is 2.87. The van der Waals surface area contributed by atoms with E-state index in [9.17, 15) is 18.0 Å². The molecule has 1 N–H and O–H groups in total. The minimum atomic E-state index is -3.41. The second-order valence-electron chi connectivity index (χ2n) is 4.91. The Bertz CT molecular complexity index is 479. The molecule has 0 aromatic heterocycles. The summed E-state index contributed by atoms with van der Waals surface area (Å²) in [5.74, 6) is -1.10. The van der Waals surface area contributed by atoms with Crippen LogP contribution in [0.4, 0.5) is 0 Å². The van der Waals surface area contributed by atoms with Gasteiger partial charge in [0.25, 0.3) is 0 Å². The highest BCUT2D eigenvalue weighted by Crippen LogP contribution is 2.13. The number of nitrogens with one attached hydrogen (secondary N) is 1. The molecule has 1 atom stereocenters. The average Bonchev–Trinajstić information content (AvgIpc) is 2.66. The molecule has 9 heteroatoms. The Morgan fingerprint density at radius 2 is 1.95 bits per heavy atom. The van der Waals surface area contributed by atoms with Crippen LogP contribution < -0.4 is 5.32 Å². The van der Waals surface area contributed by atoms with E-state index in [0.717, 1.165) is 6.26 Å². The summed E-state index contributed by atoms with van der Waals surface area (Å²) in [5, 5.41) is 2.51. The van der Waals surface area contributed by atoms with Crippen molar-refractivity contribution in [3.63, 3.8) is 0 Å². The van der Waals surface area contributed by atoms with E-state index in [1.54, 1.807) is 6.92 Å². The highest BCUT2D eigenvalue weighted by atomic mass is 32.2. The lowest BCUT2D eigenvalue weighted by Crippen LogP contribution is -2.43. The fourth-order valence-corrected chi connectivity index (χ4v) is 3.03. The van der Waals surface area contributed by atoms with Crippen molar-refractivity contribution in [1.82, 2.24) is 14.5 Å². The molecule has 0 unspecified atom stereocenters. The van der Waals surface area contributed by atoms with E-state index < -0.39 is 15.9 Å². The fourth-order valence-electron chi connectivity index (χ4n) is 2.16. The quantitative estimate of drug-likeness (QED) is 0.664. The van der Waals surface area contributed by atoms with E-state index in [0.29, 0.717) is 6.61 Å². The predicted molar refractivity (Wildman–Crippen MR) is 77.0 cm³/mol. The zero-order valence-corrected chi connectivity index (χ0v) is 13.5. The van der Waals surface area contributed by atoms with Gasteiger partial charge in [-0.1, -0.05) is 0 Å². The second-order valence-corrected chi connectivity index (χ2v) is 6.89. The van der Waals surface area contributed by atoms with Gasteiger partial charge in [-0.15, -0.1) is 0 Å². The predicted octanol–water partition coefficient (Wildman–Crippen LogP) is -1.51. The monoisotopic (exact) mass is 321 g/mol. The van der Waals surface area contributed by atoms with Crippen molar-refractivity contribution in [2.75, 3.05) is 52.7 Å². The minimum Gasteiger partial charge on any atom is -0.372 e.